The quantitative estimate of drug-likeness (QED) is 0.844. The fourth-order valence-electron chi connectivity index (χ4n) is 3.18. The third kappa shape index (κ3) is 6.45. The predicted molar refractivity (Wildman–Crippen MR) is 95.9 cm³/mol. The third-order valence-electron chi connectivity index (χ3n) is 4.79. The van der Waals surface area contributed by atoms with E-state index in [2.05, 4.69) is 5.32 Å². The molecule has 1 N–H and O–H groups in total. The van der Waals surface area contributed by atoms with Crippen molar-refractivity contribution in [3.8, 4) is 0 Å². The molecule has 150 valence electrons. The Hall–Kier alpha value is -2.25. The number of piperidine rings is 1. The fourth-order valence-corrected chi connectivity index (χ4v) is 3.18. The van der Waals surface area contributed by atoms with Crippen LogP contribution < -0.4 is 5.32 Å². The number of hydrogen-bond donors (Lipinski definition) is 1. The van der Waals surface area contributed by atoms with Crippen LogP contribution in [0.1, 0.15) is 36.8 Å². The van der Waals surface area contributed by atoms with Crippen molar-refractivity contribution in [1.29, 1.82) is 0 Å². The van der Waals surface area contributed by atoms with Gasteiger partial charge in [0.2, 0.25) is 5.91 Å². The molecule has 1 aliphatic rings. The van der Waals surface area contributed by atoms with E-state index in [0.29, 0.717) is 31.0 Å². The standard InChI is InChI=1S/C19H26F3N3O2/c1-24(2)18(27)25-10-8-14(9-11-25)6-7-17(26)23-13-15-4-3-5-16(12-15)19(20,21)22/h3-5,12,14H,6-11,13H2,1-2H3,(H,23,26). The van der Waals surface area contributed by atoms with Gasteiger partial charge in [0.25, 0.3) is 0 Å². The summed E-state index contributed by atoms with van der Waals surface area (Å²) in [5.41, 5.74) is -0.290. The van der Waals surface area contributed by atoms with E-state index in [4.69, 9.17) is 0 Å². The summed E-state index contributed by atoms with van der Waals surface area (Å²) in [6, 6.07) is 4.98. The van der Waals surface area contributed by atoms with Gasteiger partial charge in [-0.15, -0.1) is 0 Å². The monoisotopic (exact) mass is 385 g/mol. The zero-order valence-electron chi connectivity index (χ0n) is 15.7. The number of rotatable bonds is 5. The summed E-state index contributed by atoms with van der Waals surface area (Å²) < 4.78 is 38.1. The SMILES string of the molecule is CN(C)C(=O)N1CCC(CCC(=O)NCc2cccc(C(F)(F)F)c2)CC1. The zero-order valence-corrected chi connectivity index (χ0v) is 15.7. The molecule has 0 bridgehead atoms. The van der Waals surface area contributed by atoms with Crippen molar-refractivity contribution >= 4 is 11.9 Å². The van der Waals surface area contributed by atoms with Gasteiger partial charge >= 0.3 is 12.2 Å². The molecule has 8 heteroatoms. The molecule has 5 nitrogen and oxygen atoms in total. The van der Waals surface area contributed by atoms with Gasteiger partial charge in [-0.2, -0.15) is 13.2 Å². The Balaban J connectivity index is 1.71. The molecule has 1 saturated heterocycles. The van der Waals surface area contributed by atoms with E-state index < -0.39 is 11.7 Å². The molecule has 0 unspecified atom stereocenters. The lowest BCUT2D eigenvalue weighted by atomic mass is 9.92. The average molecular weight is 385 g/mol. The van der Waals surface area contributed by atoms with E-state index >= 15 is 0 Å². The largest absolute Gasteiger partial charge is 0.416 e. The van der Waals surface area contributed by atoms with E-state index in [1.807, 2.05) is 4.90 Å². The molecule has 0 aromatic heterocycles. The van der Waals surface area contributed by atoms with Crippen LogP contribution in [0.4, 0.5) is 18.0 Å². The second-order valence-electron chi connectivity index (χ2n) is 7.12. The lowest BCUT2D eigenvalue weighted by molar-refractivity contribution is -0.137. The van der Waals surface area contributed by atoms with Crippen LogP contribution in [0.25, 0.3) is 0 Å². The molecule has 1 aromatic carbocycles. The number of likely N-dealkylation sites (tertiary alicyclic amines) is 1. The molecule has 1 aromatic rings. The second kappa shape index (κ2) is 9.10. The summed E-state index contributed by atoms with van der Waals surface area (Å²) in [6.45, 7) is 1.46. The van der Waals surface area contributed by atoms with Gasteiger partial charge in [0.15, 0.2) is 0 Å². The molecule has 1 aliphatic heterocycles. The van der Waals surface area contributed by atoms with Crippen LogP contribution in [-0.2, 0) is 17.5 Å². The van der Waals surface area contributed by atoms with E-state index in [0.717, 1.165) is 31.4 Å². The number of carbonyl (C=O) groups is 2. The normalized spacial score (nSPS) is 15.5. The van der Waals surface area contributed by atoms with Crippen LogP contribution in [0, 0.1) is 5.92 Å². The van der Waals surface area contributed by atoms with Crippen molar-refractivity contribution < 1.29 is 22.8 Å². The van der Waals surface area contributed by atoms with Crippen molar-refractivity contribution in [1.82, 2.24) is 15.1 Å². The molecule has 27 heavy (non-hydrogen) atoms. The fraction of sp³-hybridized carbons (Fsp3) is 0.579. The number of urea groups is 1. The van der Waals surface area contributed by atoms with E-state index in [9.17, 15) is 22.8 Å². The first-order valence-electron chi connectivity index (χ1n) is 9.06. The first kappa shape index (κ1) is 21.1. The van der Waals surface area contributed by atoms with Gasteiger partial charge in [-0.3, -0.25) is 4.79 Å². The van der Waals surface area contributed by atoms with Crippen molar-refractivity contribution in [2.75, 3.05) is 27.2 Å². The summed E-state index contributed by atoms with van der Waals surface area (Å²) in [5.74, 6) is 0.217. The zero-order chi connectivity index (χ0) is 20.0. The first-order chi connectivity index (χ1) is 12.7. The predicted octanol–water partition coefficient (Wildman–Crippen LogP) is 3.50. The minimum absolute atomic E-state index is 0.00674. The van der Waals surface area contributed by atoms with Gasteiger partial charge in [-0.1, -0.05) is 12.1 Å². The van der Waals surface area contributed by atoms with Gasteiger partial charge in [0.05, 0.1) is 5.56 Å². The summed E-state index contributed by atoms with van der Waals surface area (Å²) in [5, 5.41) is 2.68. The van der Waals surface area contributed by atoms with Crippen molar-refractivity contribution in [2.24, 2.45) is 5.92 Å². The molecule has 3 amide bonds. The maximum atomic E-state index is 12.7. The van der Waals surface area contributed by atoms with E-state index in [1.54, 1.807) is 25.1 Å². The van der Waals surface area contributed by atoms with Crippen molar-refractivity contribution in [2.45, 2.75) is 38.4 Å². The van der Waals surface area contributed by atoms with E-state index in [-0.39, 0.29) is 18.5 Å². The first-order valence-corrected chi connectivity index (χ1v) is 9.06. The van der Waals surface area contributed by atoms with Crippen molar-refractivity contribution in [3.63, 3.8) is 0 Å². The summed E-state index contributed by atoms with van der Waals surface area (Å²) in [7, 11) is 3.45. The highest BCUT2D eigenvalue weighted by Gasteiger charge is 2.30. The highest BCUT2D eigenvalue weighted by atomic mass is 19.4. The number of nitrogens with one attached hydrogen (secondary N) is 1. The van der Waals surface area contributed by atoms with Crippen LogP contribution in [0.15, 0.2) is 24.3 Å². The Morgan fingerprint density at radius 2 is 1.89 bits per heavy atom. The maximum Gasteiger partial charge on any atom is 0.416 e. The molecule has 0 atom stereocenters. The third-order valence-corrected chi connectivity index (χ3v) is 4.79. The minimum Gasteiger partial charge on any atom is -0.352 e. The van der Waals surface area contributed by atoms with Gasteiger partial charge in [-0.05, 0) is 42.9 Å². The van der Waals surface area contributed by atoms with Gasteiger partial charge in [0, 0.05) is 40.2 Å². The number of halogens is 3. The van der Waals surface area contributed by atoms with Crippen LogP contribution in [0.2, 0.25) is 0 Å². The Bertz CT molecular complexity index is 654. The summed E-state index contributed by atoms with van der Waals surface area (Å²) in [4.78, 5) is 27.3. The number of nitrogens with zero attached hydrogens (tertiary/aromatic N) is 2. The number of amides is 3. The molecule has 1 fully saturated rings. The molecule has 0 radical (unpaired) electrons. The van der Waals surface area contributed by atoms with Gasteiger partial charge in [-0.25, -0.2) is 4.79 Å². The number of alkyl halides is 3. The van der Waals surface area contributed by atoms with Crippen molar-refractivity contribution in [3.05, 3.63) is 35.4 Å². The van der Waals surface area contributed by atoms with Crippen LogP contribution >= 0.6 is 0 Å². The van der Waals surface area contributed by atoms with Crippen LogP contribution in [0.5, 0.6) is 0 Å². The molecule has 2 rings (SSSR count). The second-order valence-corrected chi connectivity index (χ2v) is 7.12. The van der Waals surface area contributed by atoms with Crippen LogP contribution in [0.3, 0.4) is 0 Å². The minimum atomic E-state index is -4.39. The lowest BCUT2D eigenvalue weighted by Gasteiger charge is -2.33. The summed E-state index contributed by atoms with van der Waals surface area (Å²) in [6.07, 6.45) is -1.60. The van der Waals surface area contributed by atoms with Gasteiger partial charge in [0.1, 0.15) is 0 Å². The molecular formula is C19H26F3N3O2. The number of benzene rings is 1. The average Bonchev–Trinajstić information content (AvgIpc) is 2.64. The highest BCUT2D eigenvalue weighted by Crippen LogP contribution is 2.29. The van der Waals surface area contributed by atoms with Gasteiger partial charge < -0.3 is 15.1 Å². The highest BCUT2D eigenvalue weighted by molar-refractivity contribution is 5.76. The Labute approximate surface area is 157 Å². The molecule has 1 heterocycles. The Morgan fingerprint density at radius 3 is 2.48 bits per heavy atom. The molecule has 0 aliphatic carbocycles. The van der Waals surface area contributed by atoms with Crippen LogP contribution in [-0.4, -0.2) is 48.9 Å². The lowest BCUT2D eigenvalue weighted by Crippen LogP contribution is -2.43. The Morgan fingerprint density at radius 1 is 1.22 bits per heavy atom. The molecule has 0 spiro atoms. The summed E-state index contributed by atoms with van der Waals surface area (Å²) >= 11 is 0. The number of carbonyl (C=O) groups excluding carboxylic acids is 2. The Kier molecular flexibility index (Phi) is 7.10. The molecular weight excluding hydrogens is 359 g/mol. The maximum absolute atomic E-state index is 12.7. The topological polar surface area (TPSA) is 52.7 Å². The van der Waals surface area contributed by atoms with E-state index in [1.165, 1.54) is 6.07 Å². The molecule has 0 saturated carbocycles. The number of hydrogen-bond acceptors (Lipinski definition) is 2. The smallest absolute Gasteiger partial charge is 0.352 e.